The number of carbonyl (C=O) groups is 1. The van der Waals surface area contributed by atoms with Crippen LogP contribution in [0.2, 0.25) is 0 Å². The number of benzene rings is 2. The van der Waals surface area contributed by atoms with Gasteiger partial charge in [0.25, 0.3) is 5.91 Å². The molecule has 0 saturated heterocycles. The Labute approximate surface area is 173 Å². The summed E-state index contributed by atoms with van der Waals surface area (Å²) in [6.07, 6.45) is 5.21. The molecule has 1 N–H and O–H groups in total. The van der Waals surface area contributed by atoms with E-state index in [1.807, 2.05) is 19.2 Å². The lowest BCUT2D eigenvalue weighted by Gasteiger charge is -2.09. The van der Waals surface area contributed by atoms with E-state index >= 15 is 0 Å². The predicted molar refractivity (Wildman–Crippen MR) is 111 cm³/mol. The molecule has 0 aliphatic heterocycles. The van der Waals surface area contributed by atoms with Crippen LogP contribution in [0.5, 0.6) is 11.5 Å². The van der Waals surface area contributed by atoms with Crippen molar-refractivity contribution in [1.29, 1.82) is 0 Å². The van der Waals surface area contributed by atoms with Crippen molar-refractivity contribution in [3.8, 4) is 22.8 Å². The van der Waals surface area contributed by atoms with Gasteiger partial charge in [0.15, 0.2) is 0 Å². The SMILES string of the molecule is Cn1nccc1-c1cncc(CNC(=O)c2cccc(Oc3ccc(F)cc3)c2)c1. The summed E-state index contributed by atoms with van der Waals surface area (Å²) >= 11 is 0. The lowest BCUT2D eigenvalue weighted by molar-refractivity contribution is 0.0950. The molecule has 0 radical (unpaired) electrons. The van der Waals surface area contributed by atoms with Gasteiger partial charge < -0.3 is 10.1 Å². The Morgan fingerprint density at radius 1 is 1.07 bits per heavy atom. The van der Waals surface area contributed by atoms with E-state index in [2.05, 4.69) is 15.4 Å². The maximum atomic E-state index is 13.0. The van der Waals surface area contributed by atoms with Crippen LogP contribution in [0, 0.1) is 5.82 Å². The van der Waals surface area contributed by atoms with Gasteiger partial charge in [0, 0.05) is 43.3 Å². The fourth-order valence-corrected chi connectivity index (χ4v) is 3.01. The van der Waals surface area contributed by atoms with Crippen LogP contribution in [-0.2, 0) is 13.6 Å². The molecule has 4 aromatic rings. The number of hydrogen-bond acceptors (Lipinski definition) is 4. The normalized spacial score (nSPS) is 10.6. The average molecular weight is 402 g/mol. The highest BCUT2D eigenvalue weighted by molar-refractivity contribution is 5.94. The quantitative estimate of drug-likeness (QED) is 0.521. The molecule has 2 aromatic carbocycles. The molecule has 2 aromatic heterocycles. The highest BCUT2D eigenvalue weighted by atomic mass is 19.1. The molecule has 0 aliphatic carbocycles. The zero-order chi connectivity index (χ0) is 20.9. The van der Waals surface area contributed by atoms with Gasteiger partial charge in [-0.1, -0.05) is 6.07 Å². The van der Waals surface area contributed by atoms with Crippen molar-refractivity contribution < 1.29 is 13.9 Å². The van der Waals surface area contributed by atoms with E-state index in [1.54, 1.807) is 47.5 Å². The summed E-state index contributed by atoms with van der Waals surface area (Å²) in [6, 6.07) is 16.4. The Hall–Kier alpha value is -4.00. The van der Waals surface area contributed by atoms with Crippen LogP contribution in [0.1, 0.15) is 15.9 Å². The van der Waals surface area contributed by atoms with Crippen LogP contribution < -0.4 is 10.1 Å². The number of rotatable bonds is 6. The summed E-state index contributed by atoms with van der Waals surface area (Å²) in [5.74, 6) is 0.420. The third kappa shape index (κ3) is 4.52. The van der Waals surface area contributed by atoms with Crippen molar-refractivity contribution in [2.24, 2.45) is 7.05 Å². The molecule has 4 rings (SSSR count). The van der Waals surface area contributed by atoms with Gasteiger partial charge >= 0.3 is 0 Å². The summed E-state index contributed by atoms with van der Waals surface area (Å²) in [7, 11) is 1.87. The second-order valence-corrected chi connectivity index (χ2v) is 6.69. The van der Waals surface area contributed by atoms with Gasteiger partial charge in [-0.05, 0) is 60.2 Å². The number of pyridine rings is 1. The maximum Gasteiger partial charge on any atom is 0.251 e. The first-order valence-corrected chi connectivity index (χ1v) is 9.32. The molecule has 0 atom stereocenters. The van der Waals surface area contributed by atoms with Crippen LogP contribution in [0.3, 0.4) is 0 Å². The number of aryl methyl sites for hydroxylation is 1. The lowest BCUT2D eigenvalue weighted by atomic mass is 10.1. The number of aromatic nitrogens is 3. The van der Waals surface area contributed by atoms with Gasteiger partial charge in [-0.3, -0.25) is 14.5 Å². The highest BCUT2D eigenvalue weighted by Gasteiger charge is 2.09. The summed E-state index contributed by atoms with van der Waals surface area (Å²) < 4.78 is 20.5. The number of carbonyl (C=O) groups excluding carboxylic acids is 1. The van der Waals surface area contributed by atoms with E-state index in [1.165, 1.54) is 24.3 Å². The monoisotopic (exact) mass is 402 g/mol. The summed E-state index contributed by atoms with van der Waals surface area (Å²) in [5.41, 5.74) is 3.21. The molecule has 150 valence electrons. The summed E-state index contributed by atoms with van der Waals surface area (Å²) in [6.45, 7) is 0.334. The first kappa shape index (κ1) is 19.3. The van der Waals surface area contributed by atoms with Crippen LogP contribution >= 0.6 is 0 Å². The smallest absolute Gasteiger partial charge is 0.251 e. The molecular weight excluding hydrogens is 383 g/mol. The van der Waals surface area contributed by atoms with Gasteiger partial charge in [0.1, 0.15) is 17.3 Å². The Balaban J connectivity index is 1.42. The van der Waals surface area contributed by atoms with E-state index in [-0.39, 0.29) is 11.7 Å². The minimum atomic E-state index is -0.336. The van der Waals surface area contributed by atoms with Crippen molar-refractivity contribution in [3.63, 3.8) is 0 Å². The van der Waals surface area contributed by atoms with E-state index in [0.717, 1.165) is 16.8 Å². The first-order chi connectivity index (χ1) is 14.6. The number of amides is 1. The molecule has 0 fully saturated rings. The molecule has 6 nitrogen and oxygen atoms in total. The molecule has 2 heterocycles. The van der Waals surface area contributed by atoms with Gasteiger partial charge in [-0.2, -0.15) is 5.10 Å². The van der Waals surface area contributed by atoms with Gasteiger partial charge in [0.05, 0.1) is 5.69 Å². The minimum absolute atomic E-state index is 0.231. The Bertz CT molecular complexity index is 1170. The van der Waals surface area contributed by atoms with Gasteiger partial charge in [-0.25, -0.2) is 4.39 Å². The van der Waals surface area contributed by atoms with Crippen LogP contribution in [0.4, 0.5) is 4.39 Å². The standard InChI is InChI=1S/C23H19FN4O2/c1-28-22(9-10-27-28)18-11-16(13-25-15-18)14-26-23(29)17-3-2-4-21(12-17)30-20-7-5-19(24)6-8-20/h2-13,15H,14H2,1H3,(H,26,29). The van der Waals surface area contributed by atoms with Crippen LogP contribution in [0.25, 0.3) is 11.3 Å². The second kappa shape index (κ2) is 8.57. The summed E-state index contributed by atoms with van der Waals surface area (Å²) in [4.78, 5) is 16.8. The van der Waals surface area contributed by atoms with E-state index < -0.39 is 0 Å². The molecule has 7 heteroatoms. The van der Waals surface area contributed by atoms with Crippen LogP contribution in [0.15, 0.2) is 79.3 Å². The summed E-state index contributed by atoms with van der Waals surface area (Å²) in [5, 5.41) is 7.06. The molecular formula is C23H19FN4O2. The largest absolute Gasteiger partial charge is 0.457 e. The van der Waals surface area contributed by atoms with E-state index in [0.29, 0.717) is 23.6 Å². The maximum absolute atomic E-state index is 13.0. The van der Waals surface area contributed by atoms with Gasteiger partial charge in [-0.15, -0.1) is 0 Å². The van der Waals surface area contributed by atoms with Crippen molar-refractivity contribution in [1.82, 2.24) is 20.1 Å². The number of hydrogen-bond donors (Lipinski definition) is 1. The molecule has 0 spiro atoms. The molecule has 0 saturated carbocycles. The number of nitrogens with one attached hydrogen (secondary N) is 1. The molecule has 0 bridgehead atoms. The van der Waals surface area contributed by atoms with E-state index in [4.69, 9.17) is 4.74 Å². The van der Waals surface area contributed by atoms with Crippen molar-refractivity contribution in [2.45, 2.75) is 6.54 Å². The third-order valence-corrected chi connectivity index (χ3v) is 4.51. The number of nitrogens with zero attached hydrogens (tertiary/aromatic N) is 3. The Morgan fingerprint density at radius 3 is 2.67 bits per heavy atom. The Kier molecular flexibility index (Phi) is 5.52. The predicted octanol–water partition coefficient (Wildman–Crippen LogP) is 4.34. The van der Waals surface area contributed by atoms with E-state index in [9.17, 15) is 9.18 Å². The highest BCUT2D eigenvalue weighted by Crippen LogP contribution is 2.23. The van der Waals surface area contributed by atoms with Crippen molar-refractivity contribution >= 4 is 5.91 Å². The lowest BCUT2D eigenvalue weighted by Crippen LogP contribution is -2.22. The number of ether oxygens (including phenoxy) is 1. The average Bonchev–Trinajstić information content (AvgIpc) is 3.20. The first-order valence-electron chi connectivity index (χ1n) is 9.32. The fourth-order valence-electron chi connectivity index (χ4n) is 3.01. The van der Waals surface area contributed by atoms with Gasteiger partial charge in [0.2, 0.25) is 0 Å². The zero-order valence-corrected chi connectivity index (χ0v) is 16.2. The molecule has 30 heavy (non-hydrogen) atoms. The van der Waals surface area contributed by atoms with Crippen molar-refractivity contribution in [3.05, 3.63) is 96.2 Å². The van der Waals surface area contributed by atoms with Crippen LogP contribution in [-0.4, -0.2) is 20.7 Å². The topological polar surface area (TPSA) is 69.0 Å². The minimum Gasteiger partial charge on any atom is -0.457 e. The third-order valence-electron chi connectivity index (χ3n) is 4.51. The zero-order valence-electron chi connectivity index (χ0n) is 16.2. The number of halogens is 1. The molecule has 0 unspecified atom stereocenters. The Morgan fingerprint density at radius 2 is 1.90 bits per heavy atom. The molecule has 0 aliphatic rings. The second-order valence-electron chi connectivity index (χ2n) is 6.69. The molecule has 1 amide bonds. The van der Waals surface area contributed by atoms with Crippen molar-refractivity contribution in [2.75, 3.05) is 0 Å². The fraction of sp³-hybridized carbons (Fsp3) is 0.0870.